The molecular formula is C31H40N2O6Si. The Kier molecular flexibility index (Phi) is 9.89. The van der Waals surface area contributed by atoms with Crippen LogP contribution in [0.25, 0.3) is 0 Å². The molecule has 0 aliphatic carbocycles. The van der Waals surface area contributed by atoms with Gasteiger partial charge in [-0.15, -0.1) is 0 Å². The summed E-state index contributed by atoms with van der Waals surface area (Å²) in [6.07, 6.45) is -1.72. The molecule has 0 fully saturated rings. The number of methoxy groups -OCH3 is 1. The van der Waals surface area contributed by atoms with Crippen molar-refractivity contribution in [1.82, 2.24) is 10.3 Å². The van der Waals surface area contributed by atoms with E-state index in [2.05, 4.69) is 55.3 Å². The summed E-state index contributed by atoms with van der Waals surface area (Å²) >= 11 is 0. The Balaban J connectivity index is 1.98. The third-order valence-corrected chi connectivity index (χ3v) is 11.4. The number of nitrogens with zero attached hydrogens (tertiary/aromatic N) is 1. The highest BCUT2D eigenvalue weighted by molar-refractivity contribution is 6.99. The van der Waals surface area contributed by atoms with Gasteiger partial charge in [0.2, 0.25) is 0 Å². The van der Waals surface area contributed by atoms with Crippen LogP contribution >= 0.6 is 0 Å². The number of esters is 1. The van der Waals surface area contributed by atoms with E-state index in [0.29, 0.717) is 11.3 Å². The fourth-order valence-corrected chi connectivity index (χ4v) is 9.26. The molecule has 0 spiro atoms. The molecule has 0 bridgehead atoms. The Labute approximate surface area is 237 Å². The van der Waals surface area contributed by atoms with Crippen molar-refractivity contribution in [2.75, 3.05) is 13.7 Å². The number of alkyl carbamates (subject to hydrolysis) is 1. The molecule has 0 saturated carbocycles. The van der Waals surface area contributed by atoms with Gasteiger partial charge in [0.25, 0.3) is 8.32 Å². The van der Waals surface area contributed by atoms with Crippen LogP contribution in [0.4, 0.5) is 4.79 Å². The first-order chi connectivity index (χ1) is 18.8. The summed E-state index contributed by atoms with van der Waals surface area (Å²) in [5.74, 6) is -0.622. The van der Waals surface area contributed by atoms with Gasteiger partial charge in [-0.1, -0.05) is 87.5 Å². The van der Waals surface area contributed by atoms with Crippen molar-refractivity contribution in [2.24, 2.45) is 0 Å². The van der Waals surface area contributed by atoms with Crippen LogP contribution in [0.2, 0.25) is 5.04 Å². The molecule has 40 heavy (non-hydrogen) atoms. The van der Waals surface area contributed by atoms with E-state index in [1.54, 1.807) is 26.8 Å². The normalized spacial score (nSPS) is 12.9. The Morgan fingerprint density at radius 2 is 1.45 bits per heavy atom. The maximum atomic E-state index is 12.3. The molecule has 9 heteroatoms. The minimum Gasteiger partial charge on any atom is -0.464 e. The van der Waals surface area contributed by atoms with Crippen LogP contribution in [-0.2, 0) is 20.4 Å². The van der Waals surface area contributed by atoms with Gasteiger partial charge in [-0.2, -0.15) is 0 Å². The third kappa shape index (κ3) is 7.35. The molecule has 1 aromatic heterocycles. The SMILES string of the molecule is COC(=O)c1ccc(C(O)CO[Si](c2ccccc2)(c2ccccc2)C(C)(C)C)c(CNC(=O)OC(C)(C)C)n1. The third-order valence-electron chi connectivity index (χ3n) is 6.44. The average Bonchev–Trinajstić information content (AvgIpc) is 2.91. The van der Waals surface area contributed by atoms with E-state index in [0.717, 1.165) is 10.4 Å². The number of amides is 1. The molecule has 0 saturated heterocycles. The second-order valence-corrected chi connectivity index (χ2v) is 15.9. The van der Waals surface area contributed by atoms with Gasteiger partial charge in [-0.05, 0) is 42.2 Å². The number of aliphatic hydroxyl groups excluding tert-OH is 1. The van der Waals surface area contributed by atoms with Gasteiger partial charge >= 0.3 is 12.1 Å². The van der Waals surface area contributed by atoms with Crippen LogP contribution in [0, 0.1) is 0 Å². The molecule has 8 nitrogen and oxygen atoms in total. The molecule has 2 N–H and O–H groups in total. The van der Waals surface area contributed by atoms with Gasteiger partial charge in [0.05, 0.1) is 26.0 Å². The zero-order chi connectivity index (χ0) is 29.6. The molecule has 0 aliphatic heterocycles. The molecule has 1 amide bonds. The van der Waals surface area contributed by atoms with Gasteiger partial charge in [-0.3, -0.25) is 0 Å². The van der Waals surface area contributed by atoms with Crippen molar-refractivity contribution in [3.8, 4) is 0 Å². The van der Waals surface area contributed by atoms with E-state index < -0.39 is 32.1 Å². The standard InChI is InChI=1S/C31H40N2O6Si/c1-30(2,3)39-29(36)32-20-26-24(18-19-25(33-26)28(35)37-7)27(34)21-38-40(31(4,5)6,22-14-10-8-11-15-22)23-16-12-9-13-17-23/h8-19,27,34H,20-21H2,1-7H3,(H,32,36). The molecule has 1 atom stereocenters. The molecule has 0 radical (unpaired) electrons. The summed E-state index contributed by atoms with van der Waals surface area (Å²) in [6, 6.07) is 23.4. The number of ether oxygens (including phenoxy) is 2. The monoisotopic (exact) mass is 564 g/mol. The number of benzene rings is 2. The van der Waals surface area contributed by atoms with Crippen LogP contribution < -0.4 is 15.7 Å². The summed E-state index contributed by atoms with van der Waals surface area (Å²) < 4.78 is 17.0. The Morgan fingerprint density at radius 3 is 1.93 bits per heavy atom. The first kappa shape index (κ1) is 31.0. The summed E-state index contributed by atoms with van der Waals surface area (Å²) in [7, 11) is -1.64. The largest absolute Gasteiger partial charge is 0.464 e. The van der Waals surface area contributed by atoms with E-state index in [1.165, 1.54) is 13.2 Å². The predicted octanol–water partition coefficient (Wildman–Crippen LogP) is 4.50. The zero-order valence-corrected chi connectivity index (χ0v) is 25.4. The van der Waals surface area contributed by atoms with Gasteiger partial charge in [-0.25, -0.2) is 14.6 Å². The van der Waals surface area contributed by atoms with Gasteiger partial charge < -0.3 is 24.3 Å². The lowest BCUT2D eigenvalue weighted by molar-refractivity contribution is 0.0521. The quantitative estimate of drug-likeness (QED) is 0.291. The number of hydrogen-bond donors (Lipinski definition) is 2. The van der Waals surface area contributed by atoms with Crippen LogP contribution in [-0.4, -0.2) is 49.8 Å². The predicted molar refractivity (Wildman–Crippen MR) is 157 cm³/mol. The lowest BCUT2D eigenvalue weighted by atomic mass is 10.1. The van der Waals surface area contributed by atoms with Crippen molar-refractivity contribution in [3.05, 3.63) is 89.7 Å². The molecule has 214 valence electrons. The molecule has 0 aliphatic rings. The Hall–Kier alpha value is -3.53. The Bertz CT molecular complexity index is 1250. The molecular weight excluding hydrogens is 524 g/mol. The lowest BCUT2D eigenvalue weighted by Gasteiger charge is -2.43. The van der Waals surface area contributed by atoms with Crippen LogP contribution in [0.15, 0.2) is 72.8 Å². The van der Waals surface area contributed by atoms with Crippen LogP contribution in [0.3, 0.4) is 0 Å². The van der Waals surface area contributed by atoms with Crippen LogP contribution in [0.5, 0.6) is 0 Å². The van der Waals surface area contributed by atoms with Gasteiger partial charge in [0, 0.05) is 5.56 Å². The molecule has 1 unspecified atom stereocenters. The summed E-state index contributed by atoms with van der Waals surface area (Å²) in [5.41, 5.74) is 0.124. The molecule has 1 heterocycles. The number of carbonyl (C=O) groups excluding carboxylic acids is 2. The van der Waals surface area contributed by atoms with E-state index in [4.69, 9.17) is 13.9 Å². The fourth-order valence-electron chi connectivity index (χ4n) is 4.70. The number of hydrogen-bond acceptors (Lipinski definition) is 7. The van der Waals surface area contributed by atoms with Crippen molar-refractivity contribution >= 4 is 30.8 Å². The first-order valence-corrected chi connectivity index (χ1v) is 15.2. The van der Waals surface area contributed by atoms with E-state index in [9.17, 15) is 14.7 Å². The number of nitrogens with one attached hydrogen (secondary N) is 1. The zero-order valence-electron chi connectivity index (χ0n) is 24.4. The first-order valence-electron chi connectivity index (χ1n) is 13.3. The minimum atomic E-state index is -2.90. The van der Waals surface area contributed by atoms with E-state index >= 15 is 0 Å². The maximum Gasteiger partial charge on any atom is 0.407 e. The molecule has 3 aromatic rings. The maximum absolute atomic E-state index is 12.3. The van der Waals surface area contributed by atoms with Crippen molar-refractivity contribution in [1.29, 1.82) is 0 Å². The van der Waals surface area contributed by atoms with Crippen LogP contribution in [0.1, 0.15) is 69.4 Å². The summed E-state index contributed by atoms with van der Waals surface area (Å²) in [5, 5.41) is 16.0. The summed E-state index contributed by atoms with van der Waals surface area (Å²) in [4.78, 5) is 28.9. The summed E-state index contributed by atoms with van der Waals surface area (Å²) in [6.45, 7) is 11.7. The Morgan fingerprint density at radius 1 is 0.900 bits per heavy atom. The van der Waals surface area contributed by atoms with Crippen molar-refractivity contribution < 1.29 is 28.6 Å². The second kappa shape index (κ2) is 12.8. The van der Waals surface area contributed by atoms with E-state index in [-0.39, 0.29) is 23.9 Å². The fraction of sp³-hybridized carbons (Fsp3) is 0.387. The molecule has 2 aromatic carbocycles. The second-order valence-electron chi connectivity index (χ2n) is 11.6. The van der Waals surface area contributed by atoms with Crippen molar-refractivity contribution in [3.63, 3.8) is 0 Å². The number of aliphatic hydroxyl groups is 1. The minimum absolute atomic E-state index is 0.0219. The van der Waals surface area contributed by atoms with Gasteiger partial charge in [0.1, 0.15) is 17.4 Å². The highest BCUT2D eigenvalue weighted by atomic mass is 28.4. The topological polar surface area (TPSA) is 107 Å². The van der Waals surface area contributed by atoms with Gasteiger partial charge in [0.15, 0.2) is 0 Å². The highest BCUT2D eigenvalue weighted by Crippen LogP contribution is 2.37. The lowest BCUT2D eigenvalue weighted by Crippen LogP contribution is -2.66. The number of pyridine rings is 1. The number of aromatic nitrogens is 1. The average molecular weight is 565 g/mol. The number of rotatable bonds is 9. The highest BCUT2D eigenvalue weighted by Gasteiger charge is 2.50. The van der Waals surface area contributed by atoms with Crippen molar-refractivity contribution in [2.45, 2.75) is 64.8 Å². The number of carbonyl (C=O) groups is 2. The smallest absolute Gasteiger partial charge is 0.407 e. The molecule has 3 rings (SSSR count). The van der Waals surface area contributed by atoms with E-state index in [1.807, 2.05) is 36.4 Å².